The molecular formula is C15H22Cl2N2O3S. The summed E-state index contributed by atoms with van der Waals surface area (Å²) in [5, 5.41) is 3.49. The van der Waals surface area contributed by atoms with Crippen molar-refractivity contribution in [1.29, 1.82) is 0 Å². The topological polar surface area (TPSA) is 66.5 Å². The van der Waals surface area contributed by atoms with Gasteiger partial charge in [-0.05, 0) is 30.5 Å². The van der Waals surface area contributed by atoms with Crippen molar-refractivity contribution in [3.63, 3.8) is 0 Å². The smallest absolute Gasteiger partial charge is 0.232 e. The van der Waals surface area contributed by atoms with Crippen molar-refractivity contribution in [3.05, 3.63) is 28.2 Å². The Morgan fingerprint density at radius 3 is 2.52 bits per heavy atom. The molecule has 0 aliphatic heterocycles. The first-order valence-corrected chi connectivity index (χ1v) is 9.91. The van der Waals surface area contributed by atoms with E-state index in [2.05, 4.69) is 5.32 Å². The van der Waals surface area contributed by atoms with Gasteiger partial charge in [-0.3, -0.25) is 9.10 Å². The Bertz CT molecular complexity index is 648. The molecule has 8 heteroatoms. The van der Waals surface area contributed by atoms with E-state index in [1.165, 1.54) is 10.4 Å². The van der Waals surface area contributed by atoms with E-state index in [1.807, 2.05) is 13.8 Å². The normalized spacial score (nSPS) is 11.6. The SMILES string of the molecule is CC(C)CNC(=O)CCCN(c1cc(Cl)ccc1Cl)S(C)(=O)=O. The summed E-state index contributed by atoms with van der Waals surface area (Å²) < 4.78 is 25.2. The second-order valence-electron chi connectivity index (χ2n) is 5.73. The zero-order chi connectivity index (χ0) is 17.6. The molecule has 0 unspecified atom stereocenters. The van der Waals surface area contributed by atoms with Gasteiger partial charge >= 0.3 is 0 Å². The molecule has 0 spiro atoms. The average molecular weight is 381 g/mol. The molecule has 0 aliphatic rings. The maximum atomic E-state index is 12.0. The molecule has 23 heavy (non-hydrogen) atoms. The Kier molecular flexibility index (Phi) is 7.64. The van der Waals surface area contributed by atoms with Crippen LogP contribution in [-0.4, -0.2) is 33.7 Å². The fraction of sp³-hybridized carbons (Fsp3) is 0.533. The largest absolute Gasteiger partial charge is 0.356 e. The molecule has 1 N–H and O–H groups in total. The number of benzene rings is 1. The van der Waals surface area contributed by atoms with Crippen molar-refractivity contribution in [1.82, 2.24) is 5.32 Å². The van der Waals surface area contributed by atoms with Gasteiger partial charge in [0.25, 0.3) is 0 Å². The van der Waals surface area contributed by atoms with Gasteiger partial charge in [0.2, 0.25) is 15.9 Å². The van der Waals surface area contributed by atoms with Crippen LogP contribution in [0.2, 0.25) is 10.0 Å². The molecule has 0 bridgehead atoms. The predicted molar refractivity (Wildman–Crippen MR) is 95.7 cm³/mol. The molecular weight excluding hydrogens is 359 g/mol. The number of carbonyl (C=O) groups excluding carboxylic acids is 1. The van der Waals surface area contributed by atoms with E-state index in [1.54, 1.807) is 12.1 Å². The maximum absolute atomic E-state index is 12.0. The van der Waals surface area contributed by atoms with Gasteiger partial charge < -0.3 is 5.32 Å². The van der Waals surface area contributed by atoms with Crippen molar-refractivity contribution >= 4 is 44.8 Å². The molecule has 1 rings (SSSR count). The number of anilines is 1. The van der Waals surface area contributed by atoms with Gasteiger partial charge in [-0.1, -0.05) is 37.0 Å². The Hall–Kier alpha value is -0.980. The van der Waals surface area contributed by atoms with Gasteiger partial charge in [-0.2, -0.15) is 0 Å². The summed E-state index contributed by atoms with van der Waals surface area (Å²) in [6.45, 7) is 4.78. The fourth-order valence-electron chi connectivity index (χ4n) is 1.93. The number of carbonyl (C=O) groups is 1. The highest BCUT2D eigenvalue weighted by Gasteiger charge is 2.20. The zero-order valence-corrected chi connectivity index (χ0v) is 15.8. The molecule has 0 aliphatic carbocycles. The molecule has 0 saturated heterocycles. The number of nitrogens with one attached hydrogen (secondary N) is 1. The second-order valence-corrected chi connectivity index (χ2v) is 8.48. The summed E-state index contributed by atoms with van der Waals surface area (Å²) in [4.78, 5) is 11.7. The number of sulfonamides is 1. The highest BCUT2D eigenvalue weighted by atomic mass is 35.5. The Balaban J connectivity index is 2.75. The summed E-state index contributed by atoms with van der Waals surface area (Å²) in [6, 6.07) is 4.64. The van der Waals surface area contributed by atoms with Gasteiger partial charge in [0.05, 0.1) is 17.0 Å². The van der Waals surface area contributed by atoms with Crippen molar-refractivity contribution in [2.75, 3.05) is 23.7 Å². The molecule has 1 amide bonds. The first-order valence-electron chi connectivity index (χ1n) is 7.30. The highest BCUT2D eigenvalue weighted by molar-refractivity contribution is 7.92. The van der Waals surface area contributed by atoms with Crippen LogP contribution in [0.4, 0.5) is 5.69 Å². The highest BCUT2D eigenvalue weighted by Crippen LogP contribution is 2.30. The molecule has 0 heterocycles. The van der Waals surface area contributed by atoms with E-state index < -0.39 is 10.0 Å². The van der Waals surface area contributed by atoms with Gasteiger partial charge in [0.1, 0.15) is 0 Å². The first-order chi connectivity index (χ1) is 10.6. The van der Waals surface area contributed by atoms with Gasteiger partial charge in [0, 0.05) is 24.5 Å². The van der Waals surface area contributed by atoms with Crippen molar-refractivity contribution in [2.45, 2.75) is 26.7 Å². The van der Waals surface area contributed by atoms with Crippen molar-refractivity contribution in [2.24, 2.45) is 5.92 Å². The molecule has 0 atom stereocenters. The minimum Gasteiger partial charge on any atom is -0.356 e. The van der Waals surface area contributed by atoms with E-state index in [-0.39, 0.29) is 18.9 Å². The molecule has 130 valence electrons. The molecule has 5 nitrogen and oxygen atoms in total. The number of hydrogen-bond donors (Lipinski definition) is 1. The van der Waals surface area contributed by atoms with E-state index >= 15 is 0 Å². The minimum absolute atomic E-state index is 0.0932. The number of nitrogens with zero attached hydrogens (tertiary/aromatic N) is 1. The van der Waals surface area contributed by atoms with Crippen molar-refractivity contribution < 1.29 is 13.2 Å². The molecule has 0 fully saturated rings. The summed E-state index contributed by atoms with van der Waals surface area (Å²) >= 11 is 12.0. The summed E-state index contributed by atoms with van der Waals surface area (Å²) in [5.41, 5.74) is 0.323. The Morgan fingerprint density at radius 2 is 1.96 bits per heavy atom. The van der Waals surface area contributed by atoms with Gasteiger partial charge in [-0.25, -0.2) is 8.42 Å². The lowest BCUT2D eigenvalue weighted by Gasteiger charge is -2.23. The monoisotopic (exact) mass is 380 g/mol. The van der Waals surface area contributed by atoms with Crippen LogP contribution in [0.3, 0.4) is 0 Å². The average Bonchev–Trinajstić information content (AvgIpc) is 2.43. The summed E-state index contributed by atoms with van der Waals surface area (Å²) in [5.74, 6) is 0.279. The van der Waals surface area contributed by atoms with E-state index in [0.29, 0.717) is 34.6 Å². The van der Waals surface area contributed by atoms with Gasteiger partial charge in [-0.15, -0.1) is 0 Å². The minimum atomic E-state index is -3.52. The van der Waals surface area contributed by atoms with Crippen LogP contribution in [0.15, 0.2) is 18.2 Å². The Morgan fingerprint density at radius 1 is 1.30 bits per heavy atom. The van der Waals surface area contributed by atoms with Crippen LogP contribution in [-0.2, 0) is 14.8 Å². The van der Waals surface area contributed by atoms with Crippen molar-refractivity contribution in [3.8, 4) is 0 Å². The van der Waals surface area contributed by atoms with Crippen LogP contribution >= 0.6 is 23.2 Å². The molecule has 1 aromatic rings. The van der Waals surface area contributed by atoms with Gasteiger partial charge in [0.15, 0.2) is 0 Å². The predicted octanol–water partition coefficient (Wildman–Crippen LogP) is 3.31. The van der Waals surface area contributed by atoms with E-state index in [0.717, 1.165) is 6.26 Å². The van der Waals surface area contributed by atoms with Crippen LogP contribution in [0, 0.1) is 5.92 Å². The molecule has 0 radical (unpaired) electrons. The third kappa shape index (κ3) is 6.97. The van der Waals surface area contributed by atoms with Crippen LogP contribution in [0.1, 0.15) is 26.7 Å². The summed E-state index contributed by atoms with van der Waals surface area (Å²) in [6.07, 6.45) is 1.74. The standard InChI is InChI=1S/C15H22Cl2N2O3S/c1-11(2)10-18-15(20)5-4-8-19(23(3,21)22)14-9-12(16)6-7-13(14)17/h6-7,9,11H,4-5,8,10H2,1-3H3,(H,18,20). The van der Waals surface area contributed by atoms with Crippen LogP contribution in [0.25, 0.3) is 0 Å². The lowest BCUT2D eigenvalue weighted by molar-refractivity contribution is -0.121. The Labute approximate surface area is 148 Å². The molecule has 0 saturated carbocycles. The quantitative estimate of drug-likeness (QED) is 0.751. The second kappa shape index (κ2) is 8.76. The molecule has 0 aromatic heterocycles. The third-order valence-corrected chi connectivity index (χ3v) is 4.78. The fourth-order valence-corrected chi connectivity index (χ4v) is 3.34. The number of amides is 1. The van der Waals surface area contributed by atoms with Crippen LogP contribution < -0.4 is 9.62 Å². The lowest BCUT2D eigenvalue weighted by atomic mass is 10.2. The number of halogens is 2. The maximum Gasteiger partial charge on any atom is 0.232 e. The van der Waals surface area contributed by atoms with E-state index in [9.17, 15) is 13.2 Å². The number of rotatable bonds is 8. The van der Waals surface area contributed by atoms with Crippen LogP contribution in [0.5, 0.6) is 0 Å². The first kappa shape index (κ1) is 20.1. The summed E-state index contributed by atoms with van der Waals surface area (Å²) in [7, 11) is -3.52. The third-order valence-electron chi connectivity index (χ3n) is 3.05. The number of hydrogen-bond acceptors (Lipinski definition) is 3. The lowest BCUT2D eigenvalue weighted by Crippen LogP contribution is -2.33. The zero-order valence-electron chi connectivity index (χ0n) is 13.5. The molecule has 1 aromatic carbocycles. The van der Waals surface area contributed by atoms with E-state index in [4.69, 9.17) is 23.2 Å².